The number of rotatable bonds is 4. The van der Waals surface area contributed by atoms with Crippen LogP contribution in [0.25, 0.3) is 11.3 Å². The Labute approximate surface area is 163 Å². The van der Waals surface area contributed by atoms with Crippen molar-refractivity contribution in [2.45, 2.75) is 0 Å². The molecule has 2 amide bonds. The predicted molar refractivity (Wildman–Crippen MR) is 108 cm³/mol. The van der Waals surface area contributed by atoms with Gasteiger partial charge < -0.3 is 10.6 Å². The number of aromatic nitrogens is 2. The minimum absolute atomic E-state index is 0.159. The molecule has 0 saturated heterocycles. The molecular formula is C22H20N4O2. The van der Waals surface area contributed by atoms with Gasteiger partial charge in [-0.1, -0.05) is 54.3 Å². The molecule has 28 heavy (non-hydrogen) atoms. The molecule has 0 radical (unpaired) electrons. The van der Waals surface area contributed by atoms with Gasteiger partial charge in [-0.2, -0.15) is 5.10 Å². The topological polar surface area (TPSA) is 76.0 Å². The average Bonchev–Trinajstić information content (AvgIpc) is 3.13. The van der Waals surface area contributed by atoms with Crippen molar-refractivity contribution in [3.8, 4) is 23.1 Å². The molecule has 0 aliphatic rings. The van der Waals surface area contributed by atoms with Gasteiger partial charge in [0.25, 0.3) is 11.8 Å². The van der Waals surface area contributed by atoms with Crippen LogP contribution in [0.2, 0.25) is 0 Å². The molecule has 0 atom stereocenters. The number of nitrogens with one attached hydrogen (secondary N) is 2. The molecule has 0 bridgehead atoms. The Morgan fingerprint density at radius 1 is 1.04 bits per heavy atom. The van der Waals surface area contributed by atoms with Gasteiger partial charge >= 0.3 is 0 Å². The third kappa shape index (κ3) is 4.27. The normalized spacial score (nSPS) is 9.93. The van der Waals surface area contributed by atoms with Gasteiger partial charge in [-0.3, -0.25) is 14.3 Å². The molecule has 0 aliphatic heterocycles. The molecule has 0 fully saturated rings. The van der Waals surface area contributed by atoms with Crippen molar-refractivity contribution in [1.82, 2.24) is 20.4 Å². The van der Waals surface area contributed by atoms with Crippen LogP contribution < -0.4 is 10.6 Å². The number of hydrogen-bond donors (Lipinski definition) is 2. The van der Waals surface area contributed by atoms with Gasteiger partial charge in [0, 0.05) is 25.2 Å². The summed E-state index contributed by atoms with van der Waals surface area (Å²) in [4.78, 5) is 24.3. The van der Waals surface area contributed by atoms with Crippen LogP contribution in [0.4, 0.5) is 0 Å². The van der Waals surface area contributed by atoms with E-state index in [1.54, 1.807) is 43.0 Å². The highest BCUT2D eigenvalue weighted by Gasteiger charge is 2.13. The second-order valence-electron chi connectivity index (χ2n) is 6.01. The maximum absolute atomic E-state index is 12.4. The van der Waals surface area contributed by atoms with E-state index in [2.05, 4.69) is 27.6 Å². The molecule has 140 valence electrons. The molecule has 0 saturated carbocycles. The highest BCUT2D eigenvalue weighted by molar-refractivity contribution is 5.96. The molecule has 0 unspecified atom stereocenters. The summed E-state index contributed by atoms with van der Waals surface area (Å²) in [5.41, 5.74) is 3.25. The van der Waals surface area contributed by atoms with E-state index in [0.717, 1.165) is 11.3 Å². The fourth-order valence-corrected chi connectivity index (χ4v) is 2.71. The lowest BCUT2D eigenvalue weighted by Crippen LogP contribution is -2.25. The largest absolute Gasteiger partial charge is 0.355 e. The number of hydrogen-bond acceptors (Lipinski definition) is 3. The Balaban J connectivity index is 1.68. The van der Waals surface area contributed by atoms with Crippen LogP contribution >= 0.6 is 0 Å². The molecule has 3 aromatic rings. The molecule has 1 aromatic heterocycles. The number of nitrogens with zero attached hydrogens (tertiary/aromatic N) is 2. The maximum Gasteiger partial charge on any atom is 0.270 e. The van der Waals surface area contributed by atoms with Crippen LogP contribution in [0.15, 0.2) is 60.7 Å². The summed E-state index contributed by atoms with van der Waals surface area (Å²) in [6.07, 6.45) is 0. The third-order valence-electron chi connectivity index (χ3n) is 4.14. The quantitative estimate of drug-likeness (QED) is 0.690. The van der Waals surface area contributed by atoms with Gasteiger partial charge in [-0.25, -0.2) is 0 Å². The van der Waals surface area contributed by atoms with Gasteiger partial charge in [-0.05, 0) is 18.2 Å². The summed E-state index contributed by atoms with van der Waals surface area (Å²) >= 11 is 0. The zero-order chi connectivity index (χ0) is 19.9. The highest BCUT2D eigenvalue weighted by Crippen LogP contribution is 2.18. The van der Waals surface area contributed by atoms with Crippen molar-refractivity contribution < 1.29 is 9.59 Å². The molecule has 6 nitrogen and oxygen atoms in total. The van der Waals surface area contributed by atoms with Crippen molar-refractivity contribution in [3.63, 3.8) is 0 Å². The molecule has 0 aliphatic carbocycles. The number of carbonyl (C=O) groups excluding carboxylic acids is 2. The van der Waals surface area contributed by atoms with E-state index in [1.807, 2.05) is 36.4 Å². The molecule has 2 aromatic carbocycles. The van der Waals surface area contributed by atoms with Crippen molar-refractivity contribution in [3.05, 3.63) is 77.5 Å². The maximum atomic E-state index is 12.4. The van der Waals surface area contributed by atoms with Crippen molar-refractivity contribution in [2.75, 3.05) is 13.6 Å². The lowest BCUT2D eigenvalue weighted by Gasteiger charge is -2.02. The summed E-state index contributed by atoms with van der Waals surface area (Å²) in [6, 6.07) is 18.5. The Kier molecular flexibility index (Phi) is 5.87. The monoisotopic (exact) mass is 372 g/mol. The standard InChI is InChI=1S/C22H20N4O2/c1-23-21(27)18-13-7-6-9-16(18)12-8-14-24-22(28)20-15-19(25-26(20)2)17-10-4-3-5-11-17/h3-7,9-11,13,15H,14H2,1-2H3,(H,23,27)(H,24,28). The lowest BCUT2D eigenvalue weighted by atomic mass is 10.1. The van der Waals surface area contributed by atoms with Crippen LogP contribution in [-0.2, 0) is 7.05 Å². The van der Waals surface area contributed by atoms with Crippen molar-refractivity contribution >= 4 is 11.8 Å². The molecule has 0 spiro atoms. The SMILES string of the molecule is CNC(=O)c1ccccc1C#CCNC(=O)c1cc(-c2ccccc2)nn1C. The van der Waals surface area contributed by atoms with Crippen LogP contribution in [0, 0.1) is 11.8 Å². The Morgan fingerprint density at radius 3 is 2.50 bits per heavy atom. The number of benzene rings is 2. The number of aryl methyl sites for hydroxylation is 1. The van der Waals surface area contributed by atoms with Crippen LogP contribution in [-0.4, -0.2) is 35.2 Å². The van der Waals surface area contributed by atoms with Crippen LogP contribution in [0.1, 0.15) is 26.4 Å². The zero-order valence-corrected chi connectivity index (χ0v) is 15.7. The van der Waals surface area contributed by atoms with Gasteiger partial charge in [0.2, 0.25) is 0 Å². The van der Waals surface area contributed by atoms with E-state index in [1.165, 1.54) is 0 Å². The number of amides is 2. The van der Waals surface area contributed by atoms with Crippen molar-refractivity contribution in [1.29, 1.82) is 0 Å². The van der Waals surface area contributed by atoms with E-state index in [0.29, 0.717) is 16.8 Å². The second kappa shape index (κ2) is 8.69. The average molecular weight is 372 g/mol. The Morgan fingerprint density at radius 2 is 1.75 bits per heavy atom. The van der Waals surface area contributed by atoms with Gasteiger partial charge in [0.1, 0.15) is 5.69 Å². The van der Waals surface area contributed by atoms with Crippen LogP contribution in [0.3, 0.4) is 0 Å². The fraction of sp³-hybridized carbons (Fsp3) is 0.136. The Bertz CT molecular complexity index is 1060. The van der Waals surface area contributed by atoms with E-state index in [9.17, 15) is 9.59 Å². The first kappa shape index (κ1) is 18.9. The third-order valence-corrected chi connectivity index (χ3v) is 4.14. The van der Waals surface area contributed by atoms with Crippen molar-refractivity contribution in [2.24, 2.45) is 7.05 Å². The zero-order valence-electron chi connectivity index (χ0n) is 15.7. The molecule has 1 heterocycles. The minimum atomic E-state index is -0.258. The summed E-state index contributed by atoms with van der Waals surface area (Å²) in [7, 11) is 3.30. The van der Waals surface area contributed by atoms with E-state index in [-0.39, 0.29) is 18.4 Å². The summed E-state index contributed by atoms with van der Waals surface area (Å²) in [5.74, 6) is 5.37. The summed E-state index contributed by atoms with van der Waals surface area (Å²) in [6.45, 7) is 0.159. The smallest absolute Gasteiger partial charge is 0.270 e. The first-order chi connectivity index (χ1) is 13.6. The molecular weight excluding hydrogens is 352 g/mol. The van der Waals surface area contributed by atoms with E-state index in [4.69, 9.17) is 0 Å². The predicted octanol–water partition coefficient (Wildman–Crippen LogP) is 2.23. The Hall–Kier alpha value is -3.85. The van der Waals surface area contributed by atoms with Gasteiger partial charge in [0.15, 0.2) is 0 Å². The fourth-order valence-electron chi connectivity index (χ4n) is 2.71. The highest BCUT2D eigenvalue weighted by atomic mass is 16.2. The van der Waals surface area contributed by atoms with E-state index < -0.39 is 0 Å². The molecule has 2 N–H and O–H groups in total. The van der Waals surface area contributed by atoms with Crippen LogP contribution in [0.5, 0.6) is 0 Å². The first-order valence-electron chi connectivity index (χ1n) is 8.78. The lowest BCUT2D eigenvalue weighted by molar-refractivity contribution is 0.0945. The van der Waals surface area contributed by atoms with Gasteiger partial charge in [0.05, 0.1) is 17.8 Å². The molecule has 6 heteroatoms. The minimum Gasteiger partial charge on any atom is -0.355 e. The van der Waals surface area contributed by atoms with E-state index >= 15 is 0 Å². The van der Waals surface area contributed by atoms with Gasteiger partial charge in [-0.15, -0.1) is 0 Å². The number of carbonyl (C=O) groups is 2. The summed E-state index contributed by atoms with van der Waals surface area (Å²) < 4.78 is 1.55. The second-order valence-corrected chi connectivity index (χ2v) is 6.01. The first-order valence-corrected chi connectivity index (χ1v) is 8.78. The molecule has 3 rings (SSSR count). The summed E-state index contributed by atoms with van der Waals surface area (Å²) in [5, 5.41) is 9.74.